The maximum Gasteiger partial charge on any atom is 0.407 e. The second-order valence-electron chi connectivity index (χ2n) is 11.0. The van der Waals surface area contributed by atoms with Gasteiger partial charge in [-0.25, -0.2) is 17.9 Å². The first kappa shape index (κ1) is 33.0. The molecule has 3 aromatic rings. The van der Waals surface area contributed by atoms with Gasteiger partial charge >= 0.3 is 6.09 Å². The van der Waals surface area contributed by atoms with Crippen molar-refractivity contribution in [2.45, 2.75) is 57.2 Å². The highest BCUT2D eigenvalue weighted by Crippen LogP contribution is 2.31. The van der Waals surface area contributed by atoms with Crippen LogP contribution in [0.3, 0.4) is 0 Å². The van der Waals surface area contributed by atoms with Gasteiger partial charge in [0.2, 0.25) is 10.0 Å². The number of carbonyl (C=O) groups is 2. The molecular weight excluding hydrogens is 584 g/mol. The minimum Gasteiger partial charge on any atom is -0.490 e. The molecule has 0 radical (unpaired) electrons. The topological polar surface area (TPSA) is 153 Å². The van der Waals surface area contributed by atoms with Crippen LogP contribution in [0.4, 0.5) is 4.79 Å². The minimum absolute atomic E-state index is 0.0208. The Kier molecular flexibility index (Phi) is 11.8. The van der Waals surface area contributed by atoms with E-state index < -0.39 is 28.1 Å². The Morgan fingerprint density at radius 2 is 1.64 bits per heavy atom. The molecular formula is C33H40N2O8S. The van der Waals surface area contributed by atoms with E-state index in [9.17, 15) is 28.2 Å². The van der Waals surface area contributed by atoms with E-state index in [0.29, 0.717) is 17.7 Å². The predicted octanol–water partition coefficient (Wildman–Crippen LogP) is 4.76. The Morgan fingerprint density at radius 3 is 2.30 bits per heavy atom. The molecule has 1 aliphatic carbocycles. The fourth-order valence-electron chi connectivity index (χ4n) is 5.23. The zero-order chi connectivity index (χ0) is 31.5. The Morgan fingerprint density at radius 1 is 0.955 bits per heavy atom. The number of carboxylic acid groups (broad SMARTS) is 1. The highest BCUT2D eigenvalue weighted by molar-refractivity contribution is 7.90. The number of hydrogen-bond acceptors (Lipinski definition) is 7. The van der Waals surface area contributed by atoms with E-state index in [-0.39, 0.29) is 43.5 Å². The zero-order valence-corrected chi connectivity index (χ0v) is 25.4. The van der Waals surface area contributed by atoms with Gasteiger partial charge in [-0.1, -0.05) is 67.1 Å². The lowest BCUT2D eigenvalue weighted by atomic mass is 9.97. The van der Waals surface area contributed by atoms with Crippen molar-refractivity contribution >= 4 is 22.0 Å². The lowest BCUT2D eigenvalue weighted by molar-refractivity contribution is 0.0967. The molecule has 1 atom stereocenters. The second kappa shape index (κ2) is 15.7. The molecule has 1 saturated carbocycles. The lowest BCUT2D eigenvalue weighted by Gasteiger charge is -2.24. The van der Waals surface area contributed by atoms with E-state index in [2.05, 4.69) is 4.72 Å². The van der Waals surface area contributed by atoms with Crippen molar-refractivity contribution in [3.05, 3.63) is 89.5 Å². The second-order valence-corrected chi connectivity index (χ2v) is 12.9. The van der Waals surface area contributed by atoms with Crippen molar-refractivity contribution in [1.29, 1.82) is 0 Å². The molecule has 44 heavy (non-hydrogen) atoms. The minimum atomic E-state index is -3.92. The Bertz CT molecular complexity index is 1490. The molecule has 11 heteroatoms. The van der Waals surface area contributed by atoms with Crippen LogP contribution in [-0.4, -0.2) is 72.2 Å². The first-order valence-corrected chi connectivity index (χ1v) is 16.6. The first-order chi connectivity index (χ1) is 21.1. The van der Waals surface area contributed by atoms with Crippen molar-refractivity contribution < 1.29 is 38.1 Å². The van der Waals surface area contributed by atoms with Gasteiger partial charge in [-0.2, -0.15) is 0 Å². The van der Waals surface area contributed by atoms with Crippen LogP contribution in [0, 0.1) is 0 Å². The fraction of sp³-hybridized carbons (Fsp3) is 0.394. The molecule has 3 aromatic carbocycles. The summed E-state index contributed by atoms with van der Waals surface area (Å²) in [6.45, 7) is -0.124. The number of sulfonamides is 1. The molecule has 1 fully saturated rings. The summed E-state index contributed by atoms with van der Waals surface area (Å²) in [4.78, 5) is 26.0. The average molecular weight is 625 g/mol. The maximum absolute atomic E-state index is 13.0. The van der Waals surface area contributed by atoms with Gasteiger partial charge in [0.05, 0.1) is 30.1 Å². The van der Waals surface area contributed by atoms with Crippen LogP contribution in [0.1, 0.15) is 66.1 Å². The van der Waals surface area contributed by atoms with Gasteiger partial charge < -0.3 is 25.0 Å². The number of hydrogen-bond donors (Lipinski definition) is 4. The Hall–Kier alpha value is -3.93. The molecule has 236 valence electrons. The van der Waals surface area contributed by atoms with Gasteiger partial charge in [-0.05, 0) is 72.9 Å². The van der Waals surface area contributed by atoms with Gasteiger partial charge in [-0.15, -0.1) is 0 Å². The van der Waals surface area contributed by atoms with Crippen LogP contribution in [0.25, 0.3) is 11.1 Å². The largest absolute Gasteiger partial charge is 0.490 e. The summed E-state index contributed by atoms with van der Waals surface area (Å²) in [6, 6.07) is 21.6. The molecule has 4 rings (SSSR count). The number of carbonyl (C=O) groups excluding carboxylic acids is 1. The molecule has 10 nitrogen and oxygen atoms in total. The number of amides is 2. The Balaban J connectivity index is 1.47. The van der Waals surface area contributed by atoms with Crippen LogP contribution in [0.5, 0.6) is 5.75 Å². The van der Waals surface area contributed by atoms with E-state index in [4.69, 9.17) is 9.84 Å². The number of rotatable bonds is 14. The summed E-state index contributed by atoms with van der Waals surface area (Å²) in [5.74, 6) is -0.838. The SMILES string of the molecule is O=C(NS(=O)(=O)CCCO)c1ccc(-c2ccc(CCN(C[C@H](O)c3ccccc3)C(=O)O)cc2)cc1OC1CCCCC1. The first-order valence-electron chi connectivity index (χ1n) is 14.9. The molecule has 0 aromatic heterocycles. The molecule has 0 bridgehead atoms. The summed E-state index contributed by atoms with van der Waals surface area (Å²) >= 11 is 0. The normalized spacial score (nSPS) is 14.5. The maximum atomic E-state index is 13.0. The van der Waals surface area contributed by atoms with E-state index in [1.165, 1.54) is 4.90 Å². The van der Waals surface area contributed by atoms with Crippen LogP contribution in [-0.2, 0) is 16.4 Å². The van der Waals surface area contributed by atoms with Crippen LogP contribution in [0.2, 0.25) is 0 Å². The fourth-order valence-corrected chi connectivity index (χ4v) is 6.24. The quantitative estimate of drug-likeness (QED) is 0.200. The van der Waals surface area contributed by atoms with Crippen molar-refractivity contribution in [1.82, 2.24) is 9.62 Å². The summed E-state index contributed by atoms with van der Waals surface area (Å²) in [7, 11) is -3.92. The number of nitrogens with zero attached hydrogens (tertiary/aromatic N) is 1. The summed E-state index contributed by atoms with van der Waals surface area (Å²) < 4.78 is 33.0. The summed E-state index contributed by atoms with van der Waals surface area (Å²) in [6.07, 6.45) is 3.24. The molecule has 1 aliphatic rings. The van der Waals surface area contributed by atoms with E-state index in [0.717, 1.165) is 48.8 Å². The number of aliphatic hydroxyl groups excluding tert-OH is 2. The zero-order valence-electron chi connectivity index (χ0n) is 24.6. The van der Waals surface area contributed by atoms with Crippen molar-refractivity contribution in [2.24, 2.45) is 0 Å². The summed E-state index contributed by atoms with van der Waals surface area (Å²) in [5, 5.41) is 29.1. The Labute approximate surface area is 258 Å². The molecule has 4 N–H and O–H groups in total. The van der Waals surface area contributed by atoms with E-state index in [1.807, 2.05) is 30.3 Å². The number of nitrogens with one attached hydrogen (secondary N) is 1. The van der Waals surface area contributed by atoms with Crippen molar-refractivity contribution in [2.75, 3.05) is 25.4 Å². The molecule has 0 saturated heterocycles. The predicted molar refractivity (Wildman–Crippen MR) is 167 cm³/mol. The third-order valence-corrected chi connectivity index (χ3v) is 9.02. The van der Waals surface area contributed by atoms with Gasteiger partial charge in [0.15, 0.2) is 0 Å². The monoisotopic (exact) mass is 624 g/mol. The van der Waals surface area contributed by atoms with Crippen molar-refractivity contribution in [3.8, 4) is 16.9 Å². The van der Waals surface area contributed by atoms with Crippen LogP contribution < -0.4 is 9.46 Å². The smallest absolute Gasteiger partial charge is 0.407 e. The van der Waals surface area contributed by atoms with E-state index >= 15 is 0 Å². The van der Waals surface area contributed by atoms with Crippen LogP contribution in [0.15, 0.2) is 72.8 Å². The summed E-state index contributed by atoms with van der Waals surface area (Å²) in [5.41, 5.74) is 3.31. The van der Waals surface area contributed by atoms with E-state index in [1.54, 1.807) is 42.5 Å². The molecule has 0 unspecified atom stereocenters. The van der Waals surface area contributed by atoms with Gasteiger partial charge in [0.1, 0.15) is 5.75 Å². The molecule has 2 amide bonds. The molecule has 0 heterocycles. The number of aliphatic hydroxyl groups is 2. The van der Waals surface area contributed by atoms with Gasteiger partial charge in [0, 0.05) is 13.2 Å². The highest BCUT2D eigenvalue weighted by Gasteiger charge is 2.23. The lowest BCUT2D eigenvalue weighted by Crippen LogP contribution is -2.35. The number of benzene rings is 3. The average Bonchev–Trinajstić information content (AvgIpc) is 3.02. The van der Waals surface area contributed by atoms with Crippen LogP contribution >= 0.6 is 0 Å². The van der Waals surface area contributed by atoms with Crippen molar-refractivity contribution in [3.63, 3.8) is 0 Å². The standard InChI is InChI=1S/C33H40N2O8S/c36-20-7-21-44(41,42)34-32(38)29-17-16-27(22-31(29)43-28-10-5-2-6-11-28)25-14-12-24(13-15-25)18-19-35(33(39)40)23-30(37)26-8-3-1-4-9-26/h1,3-4,8-9,12-17,22,28,30,36-37H,2,5-7,10-11,18-21,23H2,(H,34,38)(H,39,40)/t30-/m0/s1. The number of ether oxygens (including phenoxy) is 1. The van der Waals surface area contributed by atoms with Gasteiger partial charge in [-0.3, -0.25) is 4.79 Å². The van der Waals surface area contributed by atoms with Gasteiger partial charge in [0.25, 0.3) is 5.91 Å². The third kappa shape index (κ3) is 9.54. The highest BCUT2D eigenvalue weighted by atomic mass is 32.2. The molecule has 0 aliphatic heterocycles. The third-order valence-electron chi connectivity index (χ3n) is 7.70. The molecule has 0 spiro atoms.